The highest BCUT2D eigenvalue weighted by Gasteiger charge is 2.13. The zero-order valence-electron chi connectivity index (χ0n) is 11.4. The molecule has 2 rings (SSSR count). The van der Waals surface area contributed by atoms with E-state index in [1.54, 1.807) is 29.2 Å². The van der Waals surface area contributed by atoms with Crippen molar-refractivity contribution in [3.05, 3.63) is 60.2 Å². The van der Waals surface area contributed by atoms with Crippen LogP contribution in [0.25, 0.3) is 0 Å². The number of aromatic hydroxyl groups is 1. The number of carbonyl (C=O) groups excluding carboxylic acids is 1. The first-order valence-electron chi connectivity index (χ1n) is 6.58. The minimum atomic E-state index is -0.224. The topological polar surface area (TPSA) is 52.6 Å². The molecule has 0 saturated carbocycles. The molecular weight excluding hydrogens is 252 g/mol. The minimum Gasteiger partial charge on any atom is -0.506 e. The van der Waals surface area contributed by atoms with Crippen LogP contribution in [-0.2, 0) is 6.54 Å². The summed E-state index contributed by atoms with van der Waals surface area (Å²) in [6, 6.07) is 16.3. The van der Waals surface area contributed by atoms with Crippen LogP contribution in [0.1, 0.15) is 12.5 Å². The molecule has 0 aliphatic carbocycles. The van der Waals surface area contributed by atoms with Crippen molar-refractivity contribution in [1.82, 2.24) is 4.90 Å². The van der Waals surface area contributed by atoms with E-state index >= 15 is 0 Å². The highest BCUT2D eigenvalue weighted by molar-refractivity contribution is 5.90. The van der Waals surface area contributed by atoms with Gasteiger partial charge in [0.05, 0.1) is 5.69 Å². The number of nitrogens with zero attached hydrogens (tertiary/aromatic N) is 1. The fraction of sp³-hybridized carbons (Fsp3) is 0.188. The predicted molar refractivity (Wildman–Crippen MR) is 79.7 cm³/mol. The van der Waals surface area contributed by atoms with Crippen molar-refractivity contribution in [3.8, 4) is 5.75 Å². The zero-order valence-corrected chi connectivity index (χ0v) is 11.4. The predicted octanol–water partition coefficient (Wildman–Crippen LogP) is 3.45. The Morgan fingerprint density at radius 1 is 1.10 bits per heavy atom. The Kier molecular flexibility index (Phi) is 4.60. The molecular formula is C16H18N2O2. The van der Waals surface area contributed by atoms with Gasteiger partial charge in [0.25, 0.3) is 0 Å². The largest absolute Gasteiger partial charge is 0.506 e. The van der Waals surface area contributed by atoms with Crippen LogP contribution in [0.3, 0.4) is 0 Å². The van der Waals surface area contributed by atoms with Crippen molar-refractivity contribution in [2.45, 2.75) is 13.5 Å². The molecule has 0 radical (unpaired) electrons. The number of urea groups is 1. The van der Waals surface area contributed by atoms with E-state index < -0.39 is 0 Å². The zero-order chi connectivity index (χ0) is 14.4. The number of phenolic OH excluding ortho intramolecular Hbond substituents is 1. The van der Waals surface area contributed by atoms with Gasteiger partial charge in [0, 0.05) is 13.1 Å². The molecule has 0 heterocycles. The highest BCUT2D eigenvalue weighted by Crippen LogP contribution is 2.22. The van der Waals surface area contributed by atoms with E-state index in [9.17, 15) is 9.90 Å². The fourth-order valence-corrected chi connectivity index (χ4v) is 1.90. The van der Waals surface area contributed by atoms with Crippen LogP contribution in [0, 0.1) is 0 Å². The first-order valence-corrected chi connectivity index (χ1v) is 6.58. The summed E-state index contributed by atoms with van der Waals surface area (Å²) in [5.41, 5.74) is 1.49. The van der Waals surface area contributed by atoms with Gasteiger partial charge in [0.1, 0.15) is 5.75 Å². The van der Waals surface area contributed by atoms with Crippen molar-refractivity contribution >= 4 is 11.7 Å². The van der Waals surface area contributed by atoms with E-state index in [2.05, 4.69) is 5.32 Å². The molecule has 0 saturated heterocycles. The molecule has 0 bridgehead atoms. The molecule has 0 aromatic heterocycles. The summed E-state index contributed by atoms with van der Waals surface area (Å²) >= 11 is 0. The molecule has 20 heavy (non-hydrogen) atoms. The number of nitrogens with one attached hydrogen (secondary N) is 1. The lowest BCUT2D eigenvalue weighted by atomic mass is 10.2. The first-order chi connectivity index (χ1) is 9.70. The van der Waals surface area contributed by atoms with Crippen LogP contribution in [0.2, 0.25) is 0 Å². The third-order valence-corrected chi connectivity index (χ3v) is 3.03. The van der Waals surface area contributed by atoms with E-state index in [0.717, 1.165) is 5.56 Å². The highest BCUT2D eigenvalue weighted by atomic mass is 16.3. The monoisotopic (exact) mass is 270 g/mol. The van der Waals surface area contributed by atoms with E-state index in [4.69, 9.17) is 0 Å². The average molecular weight is 270 g/mol. The molecule has 0 unspecified atom stereocenters. The molecule has 4 nitrogen and oxygen atoms in total. The van der Waals surface area contributed by atoms with E-state index in [-0.39, 0.29) is 11.8 Å². The number of hydrogen-bond acceptors (Lipinski definition) is 2. The molecule has 0 aliphatic heterocycles. The molecule has 4 heteroatoms. The molecule has 2 amide bonds. The smallest absolute Gasteiger partial charge is 0.322 e. The SMILES string of the molecule is CCN(Cc1ccccc1)C(=O)Nc1ccccc1O. The molecule has 2 aromatic rings. The van der Waals surface area contributed by atoms with Gasteiger partial charge in [-0.25, -0.2) is 4.79 Å². The van der Waals surface area contributed by atoms with E-state index in [1.807, 2.05) is 37.3 Å². The number of carbonyl (C=O) groups is 1. The Morgan fingerprint density at radius 2 is 1.75 bits per heavy atom. The molecule has 0 aliphatic rings. The summed E-state index contributed by atoms with van der Waals surface area (Å²) in [6.45, 7) is 3.05. The summed E-state index contributed by atoms with van der Waals surface area (Å²) in [4.78, 5) is 13.9. The van der Waals surface area contributed by atoms with Crippen LogP contribution in [0.5, 0.6) is 5.75 Å². The van der Waals surface area contributed by atoms with E-state index in [1.165, 1.54) is 0 Å². The number of anilines is 1. The van der Waals surface area contributed by atoms with Crippen LogP contribution in [0.4, 0.5) is 10.5 Å². The molecule has 0 atom stereocenters. The Morgan fingerprint density at radius 3 is 2.40 bits per heavy atom. The second kappa shape index (κ2) is 6.61. The second-order valence-corrected chi connectivity index (χ2v) is 4.45. The van der Waals surface area contributed by atoms with Crippen LogP contribution in [-0.4, -0.2) is 22.6 Å². The maximum absolute atomic E-state index is 12.2. The van der Waals surface area contributed by atoms with Gasteiger partial charge < -0.3 is 15.3 Å². The van der Waals surface area contributed by atoms with Gasteiger partial charge in [0.2, 0.25) is 0 Å². The van der Waals surface area contributed by atoms with Gasteiger partial charge in [-0.05, 0) is 24.6 Å². The van der Waals surface area contributed by atoms with E-state index in [0.29, 0.717) is 18.8 Å². The lowest BCUT2D eigenvalue weighted by Crippen LogP contribution is -2.34. The fourth-order valence-electron chi connectivity index (χ4n) is 1.90. The van der Waals surface area contributed by atoms with Gasteiger partial charge in [-0.2, -0.15) is 0 Å². The van der Waals surface area contributed by atoms with Crippen molar-refractivity contribution in [1.29, 1.82) is 0 Å². The number of benzene rings is 2. The van der Waals surface area contributed by atoms with Gasteiger partial charge in [-0.15, -0.1) is 0 Å². The summed E-state index contributed by atoms with van der Waals surface area (Å²) in [5, 5.41) is 12.4. The summed E-state index contributed by atoms with van der Waals surface area (Å²) in [5.74, 6) is 0.0663. The van der Waals surface area contributed by atoms with Crippen molar-refractivity contribution < 1.29 is 9.90 Å². The number of phenols is 1. The van der Waals surface area contributed by atoms with Gasteiger partial charge in [-0.1, -0.05) is 42.5 Å². The number of para-hydroxylation sites is 2. The third kappa shape index (κ3) is 3.51. The maximum Gasteiger partial charge on any atom is 0.322 e. The van der Waals surface area contributed by atoms with Gasteiger partial charge in [-0.3, -0.25) is 0 Å². The van der Waals surface area contributed by atoms with Crippen LogP contribution >= 0.6 is 0 Å². The standard InChI is InChI=1S/C16H18N2O2/c1-2-18(12-13-8-4-3-5-9-13)16(20)17-14-10-6-7-11-15(14)19/h3-11,19H,2,12H2,1H3,(H,17,20). The minimum absolute atomic E-state index is 0.0663. The summed E-state index contributed by atoms with van der Waals surface area (Å²) in [7, 11) is 0. The Hall–Kier alpha value is -2.49. The van der Waals surface area contributed by atoms with Gasteiger partial charge in [0.15, 0.2) is 0 Å². The Labute approximate surface area is 118 Å². The van der Waals surface area contributed by atoms with Crippen molar-refractivity contribution in [3.63, 3.8) is 0 Å². The normalized spacial score (nSPS) is 10.1. The molecule has 104 valence electrons. The number of rotatable bonds is 4. The molecule has 2 N–H and O–H groups in total. The lowest BCUT2D eigenvalue weighted by molar-refractivity contribution is 0.212. The van der Waals surface area contributed by atoms with Gasteiger partial charge >= 0.3 is 6.03 Å². The second-order valence-electron chi connectivity index (χ2n) is 4.45. The Balaban J connectivity index is 2.04. The van der Waals surface area contributed by atoms with Crippen LogP contribution < -0.4 is 5.32 Å². The number of hydrogen-bond donors (Lipinski definition) is 2. The third-order valence-electron chi connectivity index (χ3n) is 3.03. The summed E-state index contributed by atoms with van der Waals surface area (Å²) in [6.07, 6.45) is 0. The van der Waals surface area contributed by atoms with Crippen molar-refractivity contribution in [2.24, 2.45) is 0 Å². The molecule has 0 spiro atoms. The number of amides is 2. The van der Waals surface area contributed by atoms with Crippen molar-refractivity contribution in [2.75, 3.05) is 11.9 Å². The Bertz CT molecular complexity index is 570. The summed E-state index contributed by atoms with van der Waals surface area (Å²) < 4.78 is 0. The maximum atomic E-state index is 12.2. The average Bonchev–Trinajstić information content (AvgIpc) is 2.48. The quantitative estimate of drug-likeness (QED) is 0.836. The van der Waals surface area contributed by atoms with Crippen LogP contribution in [0.15, 0.2) is 54.6 Å². The molecule has 2 aromatic carbocycles. The first kappa shape index (κ1) is 13.9. The molecule has 0 fully saturated rings. The lowest BCUT2D eigenvalue weighted by Gasteiger charge is -2.21.